The molecule has 186 valence electrons. The summed E-state index contributed by atoms with van der Waals surface area (Å²) in [4.78, 5) is 16.2. The van der Waals surface area contributed by atoms with Gasteiger partial charge in [-0.05, 0) is 64.8 Å². The van der Waals surface area contributed by atoms with Crippen molar-refractivity contribution in [2.24, 2.45) is 0 Å². The molecule has 1 heterocycles. The van der Waals surface area contributed by atoms with Gasteiger partial charge in [0.25, 0.3) is 0 Å². The molecule has 2 aromatic rings. The van der Waals surface area contributed by atoms with E-state index < -0.39 is 5.82 Å². The summed E-state index contributed by atoms with van der Waals surface area (Å²) in [6.07, 6.45) is 11.7. The number of hydrogen-bond acceptors (Lipinski definition) is 8. The topological polar surface area (TPSA) is 87.2 Å². The predicted molar refractivity (Wildman–Crippen MR) is 135 cm³/mol. The number of aromatic nitrogens is 3. The van der Waals surface area contributed by atoms with Gasteiger partial charge in [0.1, 0.15) is 0 Å². The van der Waals surface area contributed by atoms with E-state index in [1.54, 1.807) is 12.1 Å². The van der Waals surface area contributed by atoms with Gasteiger partial charge in [0, 0.05) is 29.9 Å². The highest BCUT2D eigenvalue weighted by Crippen LogP contribution is 2.27. The Labute approximate surface area is 202 Å². The van der Waals surface area contributed by atoms with Crippen LogP contribution in [0.2, 0.25) is 0 Å². The molecule has 0 amide bonds. The molecule has 2 fully saturated rings. The van der Waals surface area contributed by atoms with Crippen molar-refractivity contribution < 1.29 is 9.13 Å². The predicted octanol–water partition coefficient (Wildman–Crippen LogP) is 5.18. The molecule has 2 aliphatic rings. The van der Waals surface area contributed by atoms with Crippen molar-refractivity contribution in [3.8, 4) is 5.75 Å². The maximum atomic E-state index is 14.2. The maximum Gasteiger partial charge on any atom is 0.233 e. The Kier molecular flexibility index (Phi) is 8.37. The third kappa shape index (κ3) is 6.68. The van der Waals surface area contributed by atoms with Crippen LogP contribution in [-0.4, -0.2) is 59.2 Å². The molecule has 4 rings (SSSR count). The van der Waals surface area contributed by atoms with E-state index >= 15 is 0 Å². The van der Waals surface area contributed by atoms with E-state index in [0.29, 0.717) is 41.7 Å². The molecule has 1 aromatic heterocycles. The van der Waals surface area contributed by atoms with Crippen LogP contribution in [-0.2, 0) is 0 Å². The summed E-state index contributed by atoms with van der Waals surface area (Å²) in [6, 6.07) is 6.05. The van der Waals surface area contributed by atoms with E-state index in [1.807, 2.05) is 0 Å². The molecule has 1 aromatic carbocycles. The van der Waals surface area contributed by atoms with Crippen LogP contribution in [0.1, 0.15) is 64.2 Å². The minimum atomic E-state index is -0.436. The van der Waals surface area contributed by atoms with Gasteiger partial charge < -0.3 is 25.6 Å². The zero-order valence-electron chi connectivity index (χ0n) is 20.6. The average molecular weight is 472 g/mol. The van der Waals surface area contributed by atoms with Crippen LogP contribution in [0, 0.1) is 5.82 Å². The molecular weight excluding hydrogens is 433 g/mol. The number of halogens is 1. The Morgan fingerprint density at radius 3 is 1.97 bits per heavy atom. The van der Waals surface area contributed by atoms with Crippen LogP contribution in [0.15, 0.2) is 18.2 Å². The summed E-state index contributed by atoms with van der Waals surface area (Å²) in [5.74, 6) is 1.26. The van der Waals surface area contributed by atoms with Crippen molar-refractivity contribution in [3.63, 3.8) is 0 Å². The molecular formula is C25H38FN7O. The van der Waals surface area contributed by atoms with Crippen LogP contribution in [0.5, 0.6) is 5.75 Å². The van der Waals surface area contributed by atoms with Crippen molar-refractivity contribution in [1.29, 1.82) is 0 Å². The molecule has 2 saturated carbocycles. The number of rotatable bonds is 8. The van der Waals surface area contributed by atoms with Crippen LogP contribution in [0.25, 0.3) is 0 Å². The minimum Gasteiger partial charge on any atom is -0.494 e. The molecule has 0 saturated heterocycles. The highest BCUT2D eigenvalue weighted by molar-refractivity contribution is 5.57. The number of hydrogen-bond donors (Lipinski definition) is 3. The highest BCUT2D eigenvalue weighted by atomic mass is 19.1. The molecule has 0 aliphatic heterocycles. The number of benzene rings is 1. The van der Waals surface area contributed by atoms with Crippen molar-refractivity contribution in [1.82, 2.24) is 19.9 Å². The van der Waals surface area contributed by atoms with Crippen LogP contribution >= 0.6 is 0 Å². The van der Waals surface area contributed by atoms with Gasteiger partial charge in [0.2, 0.25) is 17.8 Å². The lowest BCUT2D eigenvalue weighted by atomic mass is 9.91. The molecule has 34 heavy (non-hydrogen) atoms. The lowest BCUT2D eigenvalue weighted by Gasteiger charge is -2.33. The molecule has 2 aliphatic carbocycles. The van der Waals surface area contributed by atoms with Crippen LogP contribution in [0.3, 0.4) is 0 Å². The van der Waals surface area contributed by atoms with E-state index in [4.69, 9.17) is 9.72 Å². The first kappa shape index (κ1) is 24.4. The Morgan fingerprint density at radius 2 is 1.41 bits per heavy atom. The first-order chi connectivity index (χ1) is 16.5. The molecule has 3 N–H and O–H groups in total. The summed E-state index contributed by atoms with van der Waals surface area (Å²) < 4.78 is 19.2. The Bertz CT molecular complexity index is 925. The number of nitrogens with one attached hydrogen (secondary N) is 3. The number of ether oxygens (including phenoxy) is 1. The van der Waals surface area contributed by atoms with Crippen molar-refractivity contribution in [3.05, 3.63) is 24.0 Å². The average Bonchev–Trinajstić information content (AvgIpc) is 3.08. The van der Waals surface area contributed by atoms with Crippen molar-refractivity contribution >= 4 is 23.5 Å². The molecule has 0 atom stereocenters. The van der Waals surface area contributed by atoms with Gasteiger partial charge in [-0.1, -0.05) is 25.7 Å². The van der Waals surface area contributed by atoms with Crippen molar-refractivity contribution in [2.75, 3.05) is 37.2 Å². The SMILES string of the molecule is COc1ccc(Nc2nc(NC3CCCCCC3)nc(NC3CCC(N(C)C)CC3)n2)cc1F. The molecule has 0 bridgehead atoms. The molecule has 9 heteroatoms. The highest BCUT2D eigenvalue weighted by Gasteiger charge is 2.23. The fourth-order valence-electron chi connectivity index (χ4n) is 4.96. The molecule has 0 spiro atoms. The minimum absolute atomic E-state index is 0.201. The normalized spacial score (nSPS) is 21.7. The van der Waals surface area contributed by atoms with Crippen molar-refractivity contribution in [2.45, 2.75) is 82.3 Å². The van der Waals surface area contributed by atoms with E-state index in [1.165, 1.54) is 38.9 Å². The van der Waals surface area contributed by atoms with Crippen LogP contribution < -0.4 is 20.7 Å². The summed E-state index contributed by atoms with van der Waals surface area (Å²) in [7, 11) is 5.75. The summed E-state index contributed by atoms with van der Waals surface area (Å²) in [6.45, 7) is 0. The second kappa shape index (κ2) is 11.6. The monoisotopic (exact) mass is 471 g/mol. The van der Waals surface area contributed by atoms with Gasteiger partial charge in [-0.25, -0.2) is 4.39 Å². The lowest BCUT2D eigenvalue weighted by molar-refractivity contribution is 0.221. The molecule has 0 radical (unpaired) electrons. The van der Waals surface area contributed by atoms with Gasteiger partial charge >= 0.3 is 0 Å². The molecule has 8 nitrogen and oxygen atoms in total. The third-order valence-electron chi connectivity index (χ3n) is 6.99. The quantitative estimate of drug-likeness (QED) is 0.454. The van der Waals surface area contributed by atoms with Gasteiger partial charge in [0.15, 0.2) is 11.6 Å². The lowest BCUT2D eigenvalue weighted by Crippen LogP contribution is -2.36. The maximum absolute atomic E-state index is 14.2. The standard InChI is InChI=1S/C25H38FN7O/c1-33(2)20-13-10-18(11-14-20)28-24-30-23(27-17-8-6-4-5-7-9-17)31-25(32-24)29-19-12-15-22(34-3)21(26)16-19/h12,15-18,20H,4-11,13-14H2,1-3H3,(H3,27,28,29,30,31,32). The summed E-state index contributed by atoms with van der Waals surface area (Å²) in [5, 5.41) is 10.2. The van der Waals surface area contributed by atoms with E-state index in [9.17, 15) is 4.39 Å². The Morgan fingerprint density at radius 1 is 0.824 bits per heavy atom. The van der Waals surface area contributed by atoms with E-state index in [0.717, 1.165) is 38.5 Å². The smallest absolute Gasteiger partial charge is 0.233 e. The van der Waals surface area contributed by atoms with Gasteiger partial charge in [-0.15, -0.1) is 0 Å². The fraction of sp³-hybridized carbons (Fsp3) is 0.640. The Balaban J connectivity index is 1.51. The second-order valence-corrected chi connectivity index (χ2v) is 9.73. The number of anilines is 4. The van der Waals surface area contributed by atoms with Gasteiger partial charge in [-0.3, -0.25) is 0 Å². The van der Waals surface area contributed by atoms with Crippen LogP contribution in [0.4, 0.5) is 27.9 Å². The third-order valence-corrected chi connectivity index (χ3v) is 6.99. The van der Waals surface area contributed by atoms with E-state index in [2.05, 4.69) is 44.9 Å². The largest absolute Gasteiger partial charge is 0.494 e. The van der Waals surface area contributed by atoms with E-state index in [-0.39, 0.29) is 5.75 Å². The van der Waals surface area contributed by atoms with Gasteiger partial charge in [-0.2, -0.15) is 15.0 Å². The zero-order chi connectivity index (χ0) is 23.9. The Hall–Kier alpha value is -2.68. The summed E-state index contributed by atoms with van der Waals surface area (Å²) >= 11 is 0. The fourth-order valence-corrected chi connectivity index (χ4v) is 4.96. The summed E-state index contributed by atoms with van der Waals surface area (Å²) in [5.41, 5.74) is 0.558. The van der Waals surface area contributed by atoms with Gasteiger partial charge in [0.05, 0.1) is 7.11 Å². The number of methoxy groups -OCH3 is 1. The second-order valence-electron chi connectivity index (χ2n) is 9.73. The molecule has 0 unspecified atom stereocenters. The first-order valence-electron chi connectivity index (χ1n) is 12.6. The number of nitrogens with zero attached hydrogens (tertiary/aromatic N) is 4. The zero-order valence-corrected chi connectivity index (χ0v) is 20.6. The first-order valence-corrected chi connectivity index (χ1v) is 12.6.